The van der Waals surface area contributed by atoms with Crippen molar-refractivity contribution in [1.29, 1.82) is 0 Å². The van der Waals surface area contributed by atoms with Crippen molar-refractivity contribution in [3.05, 3.63) is 58.7 Å². The predicted molar refractivity (Wildman–Crippen MR) is 142 cm³/mol. The van der Waals surface area contributed by atoms with E-state index in [0.29, 0.717) is 5.69 Å². The highest BCUT2D eigenvalue weighted by molar-refractivity contribution is 5.92. The van der Waals surface area contributed by atoms with E-state index in [-0.39, 0.29) is 11.9 Å². The summed E-state index contributed by atoms with van der Waals surface area (Å²) in [5.74, 6) is 1.79. The third kappa shape index (κ3) is 5.13. The van der Waals surface area contributed by atoms with Crippen molar-refractivity contribution in [1.82, 2.24) is 25.1 Å². The first-order chi connectivity index (χ1) is 17.5. The van der Waals surface area contributed by atoms with E-state index in [1.54, 1.807) is 12.4 Å². The first-order valence-electron chi connectivity index (χ1n) is 13.3. The standard InChI is InChI=1S/C28H37N7O/c1-20-19-34(27-22(3)21(2)24(31-32-27)16-23-10-6-4-7-11-23)14-15-35(20)26-18-29-25(17-30-26)28(36)33-12-8-5-9-13-33/h6,10-11,17-18,20H,4-5,7-9,12-16,19H2,1-3H3/t20-/m1/s1. The Labute approximate surface area is 214 Å². The number of amides is 1. The molecule has 4 heterocycles. The van der Waals surface area contributed by atoms with Gasteiger partial charge in [0.1, 0.15) is 11.5 Å². The van der Waals surface area contributed by atoms with Gasteiger partial charge in [-0.25, -0.2) is 9.97 Å². The number of piperazine rings is 1. The third-order valence-corrected chi connectivity index (χ3v) is 7.76. The second-order valence-electron chi connectivity index (χ2n) is 10.3. The normalized spacial score (nSPS) is 20.5. The van der Waals surface area contributed by atoms with Gasteiger partial charge in [0, 0.05) is 45.2 Å². The highest BCUT2D eigenvalue weighted by Crippen LogP contribution is 2.27. The van der Waals surface area contributed by atoms with Gasteiger partial charge in [-0.2, -0.15) is 5.10 Å². The van der Waals surface area contributed by atoms with Crippen molar-refractivity contribution in [2.45, 2.75) is 65.3 Å². The summed E-state index contributed by atoms with van der Waals surface area (Å²) in [6.45, 7) is 10.6. The summed E-state index contributed by atoms with van der Waals surface area (Å²) >= 11 is 0. The Balaban J connectivity index is 1.24. The quantitative estimate of drug-likeness (QED) is 0.630. The number of anilines is 2. The van der Waals surface area contributed by atoms with E-state index in [9.17, 15) is 4.79 Å². The largest absolute Gasteiger partial charge is 0.351 e. The average Bonchev–Trinajstić information content (AvgIpc) is 2.92. The van der Waals surface area contributed by atoms with Crippen molar-refractivity contribution in [3.8, 4) is 0 Å². The number of allylic oxidation sites excluding steroid dienone is 4. The van der Waals surface area contributed by atoms with Gasteiger partial charge in [-0.3, -0.25) is 4.79 Å². The van der Waals surface area contributed by atoms with Crippen LogP contribution in [-0.4, -0.2) is 69.7 Å². The molecule has 0 saturated carbocycles. The molecule has 1 amide bonds. The number of carbonyl (C=O) groups is 1. The number of hydrogen-bond acceptors (Lipinski definition) is 7. The van der Waals surface area contributed by atoms with Crippen LogP contribution in [0.5, 0.6) is 0 Å². The minimum absolute atomic E-state index is 0.00437. The van der Waals surface area contributed by atoms with Crippen molar-refractivity contribution in [2.24, 2.45) is 0 Å². The molecule has 0 spiro atoms. The van der Waals surface area contributed by atoms with Gasteiger partial charge in [0.25, 0.3) is 5.91 Å². The number of aromatic nitrogens is 4. The molecular weight excluding hydrogens is 450 g/mol. The Morgan fingerprint density at radius 3 is 2.50 bits per heavy atom. The summed E-state index contributed by atoms with van der Waals surface area (Å²) in [6.07, 6.45) is 16.6. The first-order valence-corrected chi connectivity index (χ1v) is 13.3. The molecule has 0 aromatic carbocycles. The molecule has 2 aromatic rings. The third-order valence-electron chi connectivity index (χ3n) is 7.76. The van der Waals surface area contributed by atoms with Gasteiger partial charge < -0.3 is 14.7 Å². The number of hydrogen-bond donors (Lipinski definition) is 0. The summed E-state index contributed by atoms with van der Waals surface area (Å²) in [7, 11) is 0. The number of carbonyl (C=O) groups excluding carboxylic acids is 1. The van der Waals surface area contributed by atoms with Gasteiger partial charge in [-0.15, -0.1) is 5.10 Å². The van der Waals surface area contributed by atoms with E-state index < -0.39 is 0 Å². The van der Waals surface area contributed by atoms with Gasteiger partial charge in [-0.1, -0.05) is 18.2 Å². The highest BCUT2D eigenvalue weighted by atomic mass is 16.2. The minimum Gasteiger partial charge on any atom is -0.351 e. The first kappa shape index (κ1) is 24.4. The number of nitrogens with zero attached hydrogens (tertiary/aromatic N) is 7. The summed E-state index contributed by atoms with van der Waals surface area (Å²) in [6, 6.07) is 0.232. The Bertz CT molecular complexity index is 1150. The van der Waals surface area contributed by atoms with Gasteiger partial charge in [0.15, 0.2) is 5.82 Å². The number of rotatable bonds is 5. The van der Waals surface area contributed by atoms with Crippen LogP contribution in [0.4, 0.5) is 11.6 Å². The molecule has 0 radical (unpaired) electrons. The monoisotopic (exact) mass is 487 g/mol. The van der Waals surface area contributed by atoms with E-state index in [1.165, 1.54) is 23.1 Å². The molecule has 0 unspecified atom stereocenters. The lowest BCUT2D eigenvalue weighted by Crippen LogP contribution is -2.53. The van der Waals surface area contributed by atoms with Crippen molar-refractivity contribution in [2.75, 3.05) is 42.5 Å². The van der Waals surface area contributed by atoms with E-state index in [4.69, 9.17) is 0 Å². The summed E-state index contributed by atoms with van der Waals surface area (Å²) < 4.78 is 0. The molecule has 190 valence electrons. The maximum Gasteiger partial charge on any atom is 0.274 e. The zero-order chi connectivity index (χ0) is 25.1. The number of piperidine rings is 1. The van der Waals surface area contributed by atoms with Gasteiger partial charge in [-0.05, 0) is 69.6 Å². The maximum atomic E-state index is 12.7. The van der Waals surface area contributed by atoms with Crippen LogP contribution >= 0.6 is 0 Å². The smallest absolute Gasteiger partial charge is 0.274 e. The molecule has 8 heteroatoms. The zero-order valence-corrected chi connectivity index (χ0v) is 21.8. The molecule has 8 nitrogen and oxygen atoms in total. The SMILES string of the molecule is Cc1c(CC2=CCCC=C2)nnc(N2CCN(c3cnc(C(=O)N4CCCCC4)cn3)[C@H](C)C2)c1C. The van der Waals surface area contributed by atoms with Crippen LogP contribution in [0.2, 0.25) is 0 Å². The van der Waals surface area contributed by atoms with Gasteiger partial charge in [0.05, 0.1) is 18.1 Å². The highest BCUT2D eigenvalue weighted by Gasteiger charge is 2.28. The molecule has 36 heavy (non-hydrogen) atoms. The second kappa shape index (κ2) is 10.8. The fourth-order valence-electron chi connectivity index (χ4n) is 5.43. The molecule has 2 fully saturated rings. The molecule has 0 bridgehead atoms. The van der Waals surface area contributed by atoms with E-state index in [0.717, 1.165) is 82.2 Å². The lowest BCUT2D eigenvalue weighted by atomic mass is 9.99. The zero-order valence-electron chi connectivity index (χ0n) is 21.8. The van der Waals surface area contributed by atoms with E-state index in [2.05, 4.69) is 69.0 Å². The molecule has 1 atom stereocenters. The second-order valence-corrected chi connectivity index (χ2v) is 10.3. The Morgan fingerprint density at radius 2 is 1.81 bits per heavy atom. The van der Waals surface area contributed by atoms with E-state index >= 15 is 0 Å². The summed E-state index contributed by atoms with van der Waals surface area (Å²) in [5, 5.41) is 9.31. The minimum atomic E-state index is -0.00437. The average molecular weight is 488 g/mol. The Kier molecular flexibility index (Phi) is 7.30. The molecule has 0 N–H and O–H groups in total. The Hall–Kier alpha value is -3.29. The molecule has 2 aromatic heterocycles. The Morgan fingerprint density at radius 1 is 0.972 bits per heavy atom. The molecule has 3 aliphatic rings. The van der Waals surface area contributed by atoms with Crippen molar-refractivity contribution < 1.29 is 4.79 Å². The van der Waals surface area contributed by atoms with Gasteiger partial charge >= 0.3 is 0 Å². The maximum absolute atomic E-state index is 12.7. The molecule has 2 aliphatic heterocycles. The fraction of sp³-hybridized carbons (Fsp3) is 0.536. The van der Waals surface area contributed by atoms with Crippen LogP contribution in [0.25, 0.3) is 0 Å². The molecule has 5 rings (SSSR count). The van der Waals surface area contributed by atoms with Crippen LogP contribution < -0.4 is 9.80 Å². The van der Waals surface area contributed by atoms with Crippen LogP contribution in [0.15, 0.2) is 36.2 Å². The van der Waals surface area contributed by atoms with Gasteiger partial charge in [0.2, 0.25) is 0 Å². The van der Waals surface area contributed by atoms with Crippen molar-refractivity contribution >= 4 is 17.5 Å². The topological polar surface area (TPSA) is 78.4 Å². The number of likely N-dealkylation sites (tertiary alicyclic amines) is 1. The lowest BCUT2D eigenvalue weighted by molar-refractivity contribution is 0.0718. The molecule has 2 saturated heterocycles. The molecule has 1 aliphatic carbocycles. The predicted octanol–water partition coefficient (Wildman–Crippen LogP) is 4.04. The van der Waals surface area contributed by atoms with Crippen molar-refractivity contribution in [3.63, 3.8) is 0 Å². The summed E-state index contributed by atoms with van der Waals surface area (Å²) in [5.41, 5.74) is 5.28. The van der Waals surface area contributed by atoms with Crippen LogP contribution in [0.1, 0.15) is 66.3 Å². The van der Waals surface area contributed by atoms with Crippen LogP contribution in [-0.2, 0) is 6.42 Å². The van der Waals surface area contributed by atoms with Crippen LogP contribution in [0.3, 0.4) is 0 Å². The van der Waals surface area contributed by atoms with Crippen LogP contribution in [0, 0.1) is 13.8 Å². The molecular formula is C28H37N7O. The lowest BCUT2D eigenvalue weighted by Gasteiger charge is -2.41. The van der Waals surface area contributed by atoms with E-state index in [1.807, 2.05) is 4.90 Å². The fourth-order valence-corrected chi connectivity index (χ4v) is 5.43. The summed E-state index contributed by atoms with van der Waals surface area (Å²) in [4.78, 5) is 28.3.